The average molecular weight is 259 g/mol. The number of nitrogens with zero attached hydrogens (tertiary/aromatic N) is 2. The van der Waals surface area contributed by atoms with Gasteiger partial charge in [0.05, 0.1) is 30.7 Å². The summed E-state index contributed by atoms with van der Waals surface area (Å²) >= 11 is 5.71. The van der Waals surface area contributed by atoms with Crippen LogP contribution in [0.2, 0.25) is 5.02 Å². The highest BCUT2D eigenvalue weighted by atomic mass is 35.5. The van der Waals surface area contributed by atoms with Crippen LogP contribution in [-0.4, -0.2) is 34.3 Å². The lowest BCUT2D eigenvalue weighted by Crippen LogP contribution is -2.21. The van der Waals surface area contributed by atoms with Gasteiger partial charge in [-0.15, -0.1) is 0 Å². The minimum absolute atomic E-state index is 0.0394. The molecule has 1 aliphatic heterocycles. The number of nitro benzene ring substituents is 1. The third-order valence-electron chi connectivity index (χ3n) is 2.45. The van der Waals surface area contributed by atoms with Crippen LogP contribution in [0.15, 0.2) is 18.2 Å². The monoisotopic (exact) mass is 258 g/mol. The van der Waals surface area contributed by atoms with Gasteiger partial charge in [0.2, 0.25) is 0 Å². The molecule has 1 heterocycles. The lowest BCUT2D eigenvalue weighted by atomic mass is 10.2. The average Bonchev–Trinajstić information content (AvgIpc) is 2.66. The van der Waals surface area contributed by atoms with Crippen LogP contribution in [0.1, 0.15) is 5.56 Å². The molecule has 1 aliphatic rings. The molecule has 6 nitrogen and oxygen atoms in total. The number of rotatable bonds is 3. The lowest BCUT2D eigenvalue weighted by Gasteiger charge is -2.13. The molecule has 0 aromatic heterocycles. The molecule has 7 heteroatoms. The number of hydroxylamine groups is 2. The molecule has 2 rings (SSSR count). The number of nitro groups is 1. The van der Waals surface area contributed by atoms with E-state index in [1.54, 1.807) is 12.1 Å². The molecule has 0 saturated carbocycles. The summed E-state index contributed by atoms with van der Waals surface area (Å²) in [6, 6.07) is 4.49. The standard InChI is InChI=1S/C10H11ClN2O4/c11-8-2-1-7(10(3-8)13(15)16)4-12-5-9(14)6-17-12/h1-3,9,14H,4-6H2/t9-/m0/s1. The van der Waals surface area contributed by atoms with Crippen LogP contribution >= 0.6 is 11.6 Å². The van der Waals surface area contributed by atoms with E-state index in [1.807, 2.05) is 0 Å². The number of halogens is 1. The van der Waals surface area contributed by atoms with Crippen molar-refractivity contribution < 1.29 is 14.9 Å². The number of benzene rings is 1. The number of β-amino-alcohol motifs (C(OH)–C–C–N with tert-alkyl or cyclic N) is 1. The summed E-state index contributed by atoms with van der Waals surface area (Å²) in [5, 5.41) is 22.0. The van der Waals surface area contributed by atoms with Crippen LogP contribution < -0.4 is 0 Å². The predicted molar refractivity (Wildman–Crippen MR) is 60.5 cm³/mol. The zero-order valence-electron chi connectivity index (χ0n) is 8.88. The first-order valence-electron chi connectivity index (χ1n) is 5.05. The Morgan fingerprint density at radius 2 is 2.41 bits per heavy atom. The SMILES string of the molecule is O=[N+]([O-])c1cc(Cl)ccc1CN1C[C@H](O)CO1. The molecule has 0 aliphatic carbocycles. The van der Waals surface area contributed by atoms with Crippen molar-refractivity contribution in [2.45, 2.75) is 12.6 Å². The zero-order valence-corrected chi connectivity index (χ0v) is 9.63. The first kappa shape index (κ1) is 12.3. The van der Waals surface area contributed by atoms with E-state index in [0.29, 0.717) is 17.1 Å². The normalized spacial score (nSPS) is 20.7. The molecule has 92 valence electrons. The van der Waals surface area contributed by atoms with Gasteiger partial charge >= 0.3 is 0 Å². The maximum absolute atomic E-state index is 10.9. The van der Waals surface area contributed by atoms with E-state index in [1.165, 1.54) is 11.1 Å². The maximum atomic E-state index is 10.9. The molecule has 1 N–H and O–H groups in total. The van der Waals surface area contributed by atoms with Gasteiger partial charge in [-0.05, 0) is 12.1 Å². The molecule has 0 bridgehead atoms. The highest BCUT2D eigenvalue weighted by molar-refractivity contribution is 6.30. The molecule has 1 fully saturated rings. The Bertz CT molecular complexity index is 440. The molecule has 0 unspecified atom stereocenters. The van der Waals surface area contributed by atoms with Crippen LogP contribution in [0, 0.1) is 10.1 Å². The van der Waals surface area contributed by atoms with Crippen LogP contribution in [0.25, 0.3) is 0 Å². The zero-order chi connectivity index (χ0) is 12.4. The van der Waals surface area contributed by atoms with E-state index in [0.717, 1.165) is 0 Å². The molecule has 1 aromatic carbocycles. The summed E-state index contributed by atoms with van der Waals surface area (Å²) in [6.45, 7) is 0.825. The summed E-state index contributed by atoms with van der Waals surface area (Å²) in [7, 11) is 0. The molecular weight excluding hydrogens is 248 g/mol. The van der Waals surface area contributed by atoms with Crippen molar-refractivity contribution in [3.8, 4) is 0 Å². The maximum Gasteiger partial charge on any atom is 0.275 e. The minimum Gasteiger partial charge on any atom is -0.389 e. The van der Waals surface area contributed by atoms with Crippen molar-refractivity contribution in [1.29, 1.82) is 0 Å². The summed E-state index contributed by atoms with van der Waals surface area (Å²) in [6.07, 6.45) is -0.540. The van der Waals surface area contributed by atoms with Gasteiger partial charge in [0.15, 0.2) is 0 Å². The Hall–Kier alpha value is -1.21. The van der Waals surface area contributed by atoms with Crippen LogP contribution in [0.5, 0.6) is 0 Å². The van der Waals surface area contributed by atoms with Gasteiger partial charge in [0.1, 0.15) is 0 Å². The first-order valence-corrected chi connectivity index (χ1v) is 5.43. The summed E-state index contributed by atoms with van der Waals surface area (Å²) < 4.78 is 0. The smallest absolute Gasteiger partial charge is 0.275 e. The second kappa shape index (κ2) is 4.97. The van der Waals surface area contributed by atoms with Crippen molar-refractivity contribution in [3.05, 3.63) is 38.9 Å². The quantitative estimate of drug-likeness (QED) is 0.654. The van der Waals surface area contributed by atoms with Crippen molar-refractivity contribution in [3.63, 3.8) is 0 Å². The van der Waals surface area contributed by atoms with Gasteiger partial charge in [-0.1, -0.05) is 11.6 Å². The van der Waals surface area contributed by atoms with Crippen LogP contribution in [0.3, 0.4) is 0 Å². The summed E-state index contributed by atoms with van der Waals surface area (Å²) in [4.78, 5) is 15.5. The van der Waals surface area contributed by atoms with E-state index < -0.39 is 11.0 Å². The molecule has 17 heavy (non-hydrogen) atoms. The van der Waals surface area contributed by atoms with Crippen molar-refractivity contribution in [2.24, 2.45) is 0 Å². The molecule has 1 atom stereocenters. The Balaban J connectivity index is 2.17. The number of aliphatic hydroxyl groups is 1. The van der Waals surface area contributed by atoms with E-state index >= 15 is 0 Å². The fourth-order valence-corrected chi connectivity index (χ4v) is 1.84. The summed E-state index contributed by atoms with van der Waals surface area (Å²) in [5.41, 5.74) is 0.469. The molecule has 1 aromatic rings. The van der Waals surface area contributed by atoms with E-state index in [2.05, 4.69) is 0 Å². The molecule has 0 radical (unpaired) electrons. The van der Waals surface area contributed by atoms with Crippen molar-refractivity contribution in [2.75, 3.05) is 13.2 Å². The van der Waals surface area contributed by atoms with E-state index in [-0.39, 0.29) is 18.8 Å². The van der Waals surface area contributed by atoms with Gasteiger partial charge in [0, 0.05) is 16.7 Å². The van der Waals surface area contributed by atoms with Gasteiger partial charge < -0.3 is 5.11 Å². The molecule has 0 spiro atoms. The predicted octanol–water partition coefficient (Wildman–Crippen LogP) is 1.36. The lowest BCUT2D eigenvalue weighted by molar-refractivity contribution is -0.386. The van der Waals surface area contributed by atoms with Gasteiger partial charge in [-0.2, -0.15) is 5.06 Å². The van der Waals surface area contributed by atoms with Gasteiger partial charge in [-0.3, -0.25) is 15.0 Å². The Morgan fingerprint density at radius 3 is 3.00 bits per heavy atom. The first-order chi connectivity index (χ1) is 8.06. The molecule has 0 amide bonds. The fourth-order valence-electron chi connectivity index (χ4n) is 1.67. The Morgan fingerprint density at radius 1 is 1.65 bits per heavy atom. The van der Waals surface area contributed by atoms with Crippen molar-refractivity contribution in [1.82, 2.24) is 5.06 Å². The van der Waals surface area contributed by atoms with E-state index in [4.69, 9.17) is 16.4 Å². The topological polar surface area (TPSA) is 75.8 Å². The van der Waals surface area contributed by atoms with Crippen molar-refractivity contribution >= 4 is 17.3 Å². The third-order valence-corrected chi connectivity index (χ3v) is 2.69. The Labute approximate surface area is 102 Å². The minimum atomic E-state index is -0.540. The highest BCUT2D eigenvalue weighted by Gasteiger charge is 2.24. The second-order valence-corrected chi connectivity index (χ2v) is 4.24. The second-order valence-electron chi connectivity index (χ2n) is 3.80. The Kier molecular flexibility index (Phi) is 3.58. The fraction of sp³-hybridized carbons (Fsp3) is 0.400. The molecular formula is C10H11ClN2O4. The third kappa shape index (κ3) is 2.92. The van der Waals surface area contributed by atoms with E-state index in [9.17, 15) is 15.2 Å². The van der Waals surface area contributed by atoms with Gasteiger partial charge in [0.25, 0.3) is 5.69 Å². The molecule has 1 saturated heterocycles. The highest BCUT2D eigenvalue weighted by Crippen LogP contribution is 2.25. The largest absolute Gasteiger partial charge is 0.389 e. The van der Waals surface area contributed by atoms with Gasteiger partial charge in [-0.25, -0.2) is 0 Å². The van der Waals surface area contributed by atoms with Crippen LogP contribution in [-0.2, 0) is 11.4 Å². The number of hydrogen-bond donors (Lipinski definition) is 1. The number of hydrogen-bond acceptors (Lipinski definition) is 5. The number of aliphatic hydroxyl groups excluding tert-OH is 1. The summed E-state index contributed by atoms with van der Waals surface area (Å²) in [5.74, 6) is 0. The van der Waals surface area contributed by atoms with Crippen LogP contribution in [0.4, 0.5) is 5.69 Å².